The van der Waals surface area contributed by atoms with Crippen LogP contribution in [0.4, 0.5) is 8.78 Å². The van der Waals surface area contributed by atoms with Gasteiger partial charge in [-0.05, 0) is 29.3 Å². The van der Waals surface area contributed by atoms with Gasteiger partial charge in [0.15, 0.2) is 0 Å². The van der Waals surface area contributed by atoms with Gasteiger partial charge < -0.3 is 9.84 Å². The summed E-state index contributed by atoms with van der Waals surface area (Å²) in [7, 11) is -2.73. The summed E-state index contributed by atoms with van der Waals surface area (Å²) < 4.78 is 54.8. The Bertz CT molecular complexity index is 1000. The van der Waals surface area contributed by atoms with Gasteiger partial charge in [0.2, 0.25) is 5.79 Å². The summed E-state index contributed by atoms with van der Waals surface area (Å²) >= 11 is 0. The van der Waals surface area contributed by atoms with Crippen molar-refractivity contribution in [2.45, 2.75) is 24.9 Å². The number of benzene rings is 2. The number of hydrogen-bond donors (Lipinski definition) is 2. The molecule has 0 spiro atoms. The molecule has 1 N–H and O–H groups in total. The highest BCUT2D eigenvalue weighted by atomic mass is 32.2. The fourth-order valence-corrected chi connectivity index (χ4v) is 3.53. The molecule has 1 aliphatic rings. The van der Waals surface area contributed by atoms with E-state index in [1.165, 1.54) is 24.3 Å². The standard InChI is InChI=1S/C19H16F2O5S/c1-2-19(23)17(14-8-3-11(9-15(14)21)10-27(24)25)16(18(22)26-19)12-4-6-13(20)7-5-12/h3-9,23,27H,2,10H2,1H3. The lowest BCUT2D eigenvalue weighted by Crippen LogP contribution is -2.30. The minimum absolute atomic E-state index is 0.0353. The molecule has 142 valence electrons. The first-order valence-corrected chi connectivity index (χ1v) is 9.48. The maximum absolute atomic E-state index is 14.7. The molecule has 0 saturated heterocycles. The summed E-state index contributed by atoms with van der Waals surface area (Å²) in [6, 6.07) is 8.68. The summed E-state index contributed by atoms with van der Waals surface area (Å²) in [5.74, 6) is -4.55. The number of rotatable bonds is 5. The Morgan fingerprint density at radius 1 is 1.11 bits per heavy atom. The fourth-order valence-electron chi connectivity index (χ4n) is 3.03. The van der Waals surface area contributed by atoms with Gasteiger partial charge in [-0.2, -0.15) is 0 Å². The third-order valence-corrected chi connectivity index (χ3v) is 4.96. The molecule has 1 atom stereocenters. The van der Waals surface area contributed by atoms with E-state index in [4.69, 9.17) is 4.74 Å². The Labute approximate surface area is 155 Å². The molecule has 3 rings (SSSR count). The predicted molar refractivity (Wildman–Crippen MR) is 95.0 cm³/mol. The van der Waals surface area contributed by atoms with Crippen molar-refractivity contribution in [1.82, 2.24) is 0 Å². The van der Waals surface area contributed by atoms with Crippen molar-refractivity contribution in [3.63, 3.8) is 0 Å². The average Bonchev–Trinajstić information content (AvgIpc) is 2.87. The van der Waals surface area contributed by atoms with E-state index in [9.17, 15) is 27.1 Å². The minimum atomic E-state index is -2.73. The van der Waals surface area contributed by atoms with Gasteiger partial charge in [0.05, 0.1) is 11.3 Å². The summed E-state index contributed by atoms with van der Waals surface area (Å²) in [5.41, 5.74) is 0.279. The number of aliphatic hydroxyl groups is 1. The van der Waals surface area contributed by atoms with Crippen LogP contribution in [0.1, 0.15) is 30.0 Å². The van der Waals surface area contributed by atoms with Crippen LogP contribution in [0.25, 0.3) is 11.1 Å². The molecule has 5 nitrogen and oxygen atoms in total. The zero-order valence-corrected chi connectivity index (χ0v) is 15.1. The Balaban J connectivity index is 2.23. The zero-order valence-electron chi connectivity index (χ0n) is 14.2. The van der Waals surface area contributed by atoms with E-state index >= 15 is 0 Å². The molecule has 8 heteroatoms. The zero-order chi connectivity index (χ0) is 19.8. The number of cyclic esters (lactones) is 1. The Morgan fingerprint density at radius 3 is 2.33 bits per heavy atom. The number of thiol groups is 1. The van der Waals surface area contributed by atoms with E-state index in [1.807, 2.05) is 0 Å². The molecule has 1 heterocycles. The van der Waals surface area contributed by atoms with Crippen LogP contribution in [0.5, 0.6) is 0 Å². The first kappa shape index (κ1) is 19.2. The highest BCUT2D eigenvalue weighted by Crippen LogP contribution is 2.45. The van der Waals surface area contributed by atoms with E-state index < -0.39 is 34.1 Å². The third kappa shape index (κ3) is 3.63. The van der Waals surface area contributed by atoms with E-state index in [0.29, 0.717) is 0 Å². The molecular weight excluding hydrogens is 378 g/mol. The highest BCUT2D eigenvalue weighted by molar-refractivity contribution is 7.71. The van der Waals surface area contributed by atoms with Gasteiger partial charge in [0, 0.05) is 17.6 Å². The predicted octanol–water partition coefficient (Wildman–Crippen LogP) is 2.64. The summed E-state index contributed by atoms with van der Waals surface area (Å²) in [6.07, 6.45) is -0.0353. The first-order valence-electron chi connectivity index (χ1n) is 8.12. The van der Waals surface area contributed by atoms with Crippen molar-refractivity contribution in [2.75, 3.05) is 0 Å². The minimum Gasteiger partial charge on any atom is -0.425 e. The second kappa shape index (κ2) is 7.21. The summed E-state index contributed by atoms with van der Waals surface area (Å²) in [5, 5.41) is 10.8. The quantitative estimate of drug-likeness (QED) is 0.602. The molecule has 2 aromatic carbocycles. The van der Waals surface area contributed by atoms with Crippen LogP contribution in [0, 0.1) is 11.6 Å². The topological polar surface area (TPSA) is 80.7 Å². The number of esters is 1. The normalized spacial score (nSPS) is 19.7. The van der Waals surface area contributed by atoms with Gasteiger partial charge in [-0.15, -0.1) is 0 Å². The van der Waals surface area contributed by atoms with Gasteiger partial charge in [0.25, 0.3) is 0 Å². The lowest BCUT2D eigenvalue weighted by atomic mass is 9.89. The van der Waals surface area contributed by atoms with Crippen LogP contribution in [0.3, 0.4) is 0 Å². The average molecular weight is 394 g/mol. The van der Waals surface area contributed by atoms with E-state index in [2.05, 4.69) is 0 Å². The van der Waals surface area contributed by atoms with Crippen LogP contribution in [-0.4, -0.2) is 25.3 Å². The van der Waals surface area contributed by atoms with Crippen LogP contribution in [0.2, 0.25) is 0 Å². The molecule has 27 heavy (non-hydrogen) atoms. The second-order valence-electron chi connectivity index (χ2n) is 6.09. The molecule has 0 fully saturated rings. The number of carbonyl (C=O) groups is 1. The lowest BCUT2D eigenvalue weighted by Gasteiger charge is -2.24. The van der Waals surface area contributed by atoms with Crippen molar-refractivity contribution in [3.05, 3.63) is 70.8 Å². The molecule has 0 bridgehead atoms. The Hall–Kier alpha value is -2.58. The number of carbonyl (C=O) groups excluding carboxylic acids is 1. The third-order valence-electron chi connectivity index (χ3n) is 4.33. The van der Waals surface area contributed by atoms with Gasteiger partial charge in [-0.25, -0.2) is 22.0 Å². The summed E-state index contributed by atoms with van der Waals surface area (Å²) in [6.45, 7) is 1.56. The maximum Gasteiger partial charge on any atom is 0.342 e. The van der Waals surface area contributed by atoms with Crippen molar-refractivity contribution in [3.8, 4) is 0 Å². The lowest BCUT2D eigenvalue weighted by molar-refractivity contribution is -0.175. The Kier molecular flexibility index (Phi) is 5.12. The van der Waals surface area contributed by atoms with Gasteiger partial charge >= 0.3 is 5.97 Å². The van der Waals surface area contributed by atoms with Crippen molar-refractivity contribution in [2.24, 2.45) is 0 Å². The summed E-state index contributed by atoms with van der Waals surface area (Å²) in [4.78, 5) is 12.4. The SMILES string of the molecule is CCC1(O)OC(=O)C(c2ccc(F)cc2)=C1c1ccc(C[SH](=O)=O)cc1F. The fraction of sp³-hybridized carbons (Fsp3) is 0.211. The first-order chi connectivity index (χ1) is 12.7. The van der Waals surface area contributed by atoms with Gasteiger partial charge in [-0.1, -0.05) is 31.2 Å². The molecule has 1 aliphatic heterocycles. The van der Waals surface area contributed by atoms with Crippen LogP contribution >= 0.6 is 0 Å². The van der Waals surface area contributed by atoms with Crippen molar-refractivity contribution >= 4 is 27.8 Å². The molecule has 0 amide bonds. The molecule has 0 aliphatic carbocycles. The number of ether oxygens (including phenoxy) is 1. The smallest absolute Gasteiger partial charge is 0.342 e. The molecule has 0 aromatic heterocycles. The largest absolute Gasteiger partial charge is 0.425 e. The number of halogens is 2. The molecule has 1 unspecified atom stereocenters. The van der Waals surface area contributed by atoms with E-state index in [1.54, 1.807) is 6.92 Å². The molecule has 0 radical (unpaired) electrons. The molecular formula is C19H16F2O5S. The van der Waals surface area contributed by atoms with Crippen LogP contribution in [0.15, 0.2) is 42.5 Å². The van der Waals surface area contributed by atoms with Gasteiger partial charge in [0.1, 0.15) is 22.3 Å². The van der Waals surface area contributed by atoms with Crippen LogP contribution in [-0.2, 0) is 26.0 Å². The maximum atomic E-state index is 14.7. The van der Waals surface area contributed by atoms with E-state index in [-0.39, 0.29) is 40.0 Å². The number of hydrogen-bond acceptors (Lipinski definition) is 5. The molecule has 0 saturated carbocycles. The Morgan fingerprint density at radius 2 is 1.78 bits per heavy atom. The van der Waals surface area contributed by atoms with Crippen molar-refractivity contribution in [1.29, 1.82) is 0 Å². The van der Waals surface area contributed by atoms with Gasteiger partial charge in [-0.3, -0.25) is 0 Å². The van der Waals surface area contributed by atoms with Crippen molar-refractivity contribution < 1.29 is 31.8 Å². The van der Waals surface area contributed by atoms with E-state index in [0.717, 1.165) is 18.2 Å². The molecule has 2 aromatic rings. The highest BCUT2D eigenvalue weighted by Gasteiger charge is 2.47. The monoisotopic (exact) mass is 394 g/mol. The second-order valence-corrected chi connectivity index (χ2v) is 7.07. The van der Waals surface area contributed by atoms with Crippen LogP contribution < -0.4 is 0 Å².